The number of rotatable bonds is 8. The van der Waals surface area contributed by atoms with Gasteiger partial charge in [0.15, 0.2) is 0 Å². The van der Waals surface area contributed by atoms with Crippen LogP contribution < -0.4 is 0 Å². The quantitative estimate of drug-likeness (QED) is 0.194. The van der Waals surface area contributed by atoms with Gasteiger partial charge in [0.25, 0.3) is 27.6 Å². The molecule has 3 N–H and O–H groups in total. The standard InChI is InChI=1S/C10H6N2O8S.C10H13NO4/c13-10-7-3-5(21(18,19)20)1-2-6(7)8(11(14)15)4-9(10)12(16)17;1-2-3-4-7(10(14)15)11-8(12)5-6-9(11)13/h1-4,13H,(H,18,19,20);5-7H,2-4H2,1H3,(H,14,15). The highest BCUT2D eigenvalue weighted by Gasteiger charge is 2.35. The summed E-state index contributed by atoms with van der Waals surface area (Å²) in [7, 11) is -4.63. The molecule has 1 atom stereocenters. The zero-order valence-electron chi connectivity index (χ0n) is 18.4. The molecular weight excluding hydrogens is 506 g/mol. The van der Waals surface area contributed by atoms with E-state index in [1.165, 1.54) is 0 Å². The number of carboxylic acids is 1. The minimum Gasteiger partial charge on any atom is -0.502 e. The van der Waals surface area contributed by atoms with E-state index in [0.29, 0.717) is 18.9 Å². The molecule has 36 heavy (non-hydrogen) atoms. The largest absolute Gasteiger partial charge is 0.502 e. The molecule has 2 amide bonds. The van der Waals surface area contributed by atoms with E-state index in [0.717, 1.165) is 41.7 Å². The van der Waals surface area contributed by atoms with Gasteiger partial charge in [-0.15, -0.1) is 0 Å². The van der Waals surface area contributed by atoms with Crippen LogP contribution in [0.4, 0.5) is 11.4 Å². The number of fused-ring (bicyclic) bond motifs is 1. The molecule has 0 bridgehead atoms. The van der Waals surface area contributed by atoms with Crippen molar-refractivity contribution < 1.29 is 47.4 Å². The molecule has 0 aromatic heterocycles. The van der Waals surface area contributed by atoms with Gasteiger partial charge in [0.05, 0.1) is 26.2 Å². The molecule has 15 nitrogen and oxygen atoms in total. The number of carbonyl (C=O) groups is 3. The number of non-ortho nitro benzene ring substituents is 1. The first-order chi connectivity index (χ1) is 16.7. The maximum atomic E-state index is 11.2. The lowest BCUT2D eigenvalue weighted by atomic mass is 10.1. The summed E-state index contributed by atoms with van der Waals surface area (Å²) in [5.41, 5.74) is -1.61. The molecule has 16 heteroatoms. The minimum absolute atomic E-state index is 0.199. The van der Waals surface area contributed by atoms with Crippen molar-refractivity contribution >= 4 is 50.0 Å². The second-order valence-electron chi connectivity index (χ2n) is 7.34. The number of imide groups is 1. The second-order valence-corrected chi connectivity index (χ2v) is 8.76. The number of phenols is 1. The highest BCUT2D eigenvalue weighted by Crippen LogP contribution is 2.40. The zero-order valence-corrected chi connectivity index (χ0v) is 19.2. The average Bonchev–Trinajstić information content (AvgIpc) is 3.11. The Kier molecular flexibility index (Phi) is 8.40. The number of hydrogen-bond acceptors (Lipinski definition) is 10. The molecule has 1 aliphatic rings. The SMILES string of the molecule is CCCCC(C(=O)O)N1C(=O)C=CC1=O.O=[N+]([O-])c1cc([N+](=O)[O-])c2ccc(S(=O)(=O)O)cc2c1O. The van der Waals surface area contributed by atoms with Crippen molar-refractivity contribution in [3.63, 3.8) is 0 Å². The zero-order chi connectivity index (χ0) is 27.4. The Morgan fingerprint density at radius 2 is 1.58 bits per heavy atom. The van der Waals surface area contributed by atoms with Gasteiger partial charge < -0.3 is 10.2 Å². The number of aliphatic carboxylic acids is 1. The summed E-state index contributed by atoms with van der Waals surface area (Å²) in [6, 6.07) is 2.13. The fourth-order valence-corrected chi connectivity index (χ4v) is 3.79. The monoisotopic (exact) mass is 525 g/mol. The van der Waals surface area contributed by atoms with E-state index in [4.69, 9.17) is 9.66 Å². The Labute approximate surface area is 202 Å². The Bertz CT molecular complexity index is 1380. The minimum atomic E-state index is -4.63. The summed E-state index contributed by atoms with van der Waals surface area (Å²) in [5.74, 6) is -3.13. The fraction of sp³-hybridized carbons (Fsp3) is 0.250. The lowest BCUT2D eigenvalue weighted by Gasteiger charge is -2.21. The van der Waals surface area contributed by atoms with Gasteiger partial charge in [0, 0.05) is 17.5 Å². The molecule has 3 rings (SSSR count). The van der Waals surface area contributed by atoms with Gasteiger partial charge >= 0.3 is 11.7 Å². The number of nitrogens with zero attached hydrogens (tertiary/aromatic N) is 3. The van der Waals surface area contributed by atoms with Gasteiger partial charge in [-0.25, -0.2) is 4.79 Å². The summed E-state index contributed by atoms with van der Waals surface area (Å²) < 4.78 is 31.0. The number of carboxylic acid groups (broad SMARTS) is 1. The lowest BCUT2D eigenvalue weighted by molar-refractivity contribution is -0.393. The number of aromatic hydroxyl groups is 1. The highest BCUT2D eigenvalue weighted by atomic mass is 32.2. The Hall–Kier alpha value is -4.44. The van der Waals surface area contributed by atoms with Crippen LogP contribution in [0.1, 0.15) is 26.2 Å². The van der Waals surface area contributed by atoms with Crippen molar-refractivity contribution in [1.82, 2.24) is 4.90 Å². The average molecular weight is 525 g/mol. The molecule has 0 spiro atoms. The number of nitro groups is 2. The van der Waals surface area contributed by atoms with E-state index >= 15 is 0 Å². The van der Waals surface area contributed by atoms with Gasteiger partial charge in [0.1, 0.15) is 6.04 Å². The molecule has 1 unspecified atom stereocenters. The molecule has 1 aliphatic heterocycles. The highest BCUT2D eigenvalue weighted by molar-refractivity contribution is 7.85. The molecule has 2 aromatic rings. The molecule has 0 saturated carbocycles. The van der Waals surface area contributed by atoms with Crippen LogP contribution in [0.15, 0.2) is 41.3 Å². The van der Waals surface area contributed by atoms with Crippen molar-refractivity contribution in [3.05, 3.63) is 56.6 Å². The van der Waals surface area contributed by atoms with Gasteiger partial charge in [0.2, 0.25) is 5.75 Å². The van der Waals surface area contributed by atoms with E-state index in [-0.39, 0.29) is 5.39 Å². The number of hydrogen-bond donors (Lipinski definition) is 3. The third kappa shape index (κ3) is 5.97. The summed E-state index contributed by atoms with van der Waals surface area (Å²) in [6.07, 6.45) is 4.01. The number of unbranched alkanes of at least 4 members (excludes halogenated alkanes) is 1. The predicted octanol–water partition coefficient (Wildman–Crippen LogP) is 2.16. The summed E-state index contributed by atoms with van der Waals surface area (Å²) in [5, 5.41) is 39.8. The number of benzene rings is 2. The van der Waals surface area contributed by atoms with Crippen LogP contribution in [0.2, 0.25) is 0 Å². The van der Waals surface area contributed by atoms with Gasteiger partial charge in [-0.05, 0) is 24.6 Å². The Morgan fingerprint density at radius 3 is 2.03 bits per heavy atom. The summed E-state index contributed by atoms with van der Waals surface area (Å²) >= 11 is 0. The first-order valence-electron chi connectivity index (χ1n) is 10.0. The van der Waals surface area contributed by atoms with Crippen molar-refractivity contribution in [2.45, 2.75) is 37.1 Å². The number of nitro benzene ring substituents is 2. The molecule has 0 saturated heterocycles. The summed E-state index contributed by atoms with van der Waals surface area (Å²) in [4.78, 5) is 53.3. The van der Waals surface area contributed by atoms with E-state index in [1.807, 2.05) is 6.92 Å². The maximum absolute atomic E-state index is 11.2. The normalized spacial score (nSPS) is 13.9. The first-order valence-corrected chi connectivity index (χ1v) is 11.5. The molecule has 192 valence electrons. The number of carbonyl (C=O) groups excluding carboxylic acids is 2. The Morgan fingerprint density at radius 1 is 1.03 bits per heavy atom. The fourth-order valence-electron chi connectivity index (χ4n) is 3.29. The Balaban J connectivity index is 0.000000269. The summed E-state index contributed by atoms with van der Waals surface area (Å²) in [6.45, 7) is 1.92. The van der Waals surface area contributed by atoms with Gasteiger partial charge in [-0.1, -0.05) is 19.8 Å². The van der Waals surface area contributed by atoms with Crippen LogP contribution in [0.25, 0.3) is 10.8 Å². The third-order valence-electron chi connectivity index (χ3n) is 5.00. The number of amides is 2. The van der Waals surface area contributed by atoms with Gasteiger partial charge in [-0.2, -0.15) is 8.42 Å². The lowest BCUT2D eigenvalue weighted by Crippen LogP contribution is -2.44. The van der Waals surface area contributed by atoms with Gasteiger partial charge in [-0.3, -0.25) is 39.3 Å². The second kappa shape index (κ2) is 10.9. The maximum Gasteiger partial charge on any atom is 0.326 e. The smallest absolute Gasteiger partial charge is 0.326 e. The molecular formula is C20H19N3O12S. The predicted molar refractivity (Wildman–Crippen MR) is 121 cm³/mol. The third-order valence-corrected chi connectivity index (χ3v) is 5.85. The van der Waals surface area contributed by atoms with E-state index in [1.54, 1.807) is 0 Å². The van der Waals surface area contributed by atoms with E-state index in [9.17, 15) is 48.1 Å². The van der Waals surface area contributed by atoms with Crippen molar-refractivity contribution in [2.24, 2.45) is 0 Å². The van der Waals surface area contributed by atoms with Crippen LogP contribution in [-0.2, 0) is 24.5 Å². The van der Waals surface area contributed by atoms with Crippen molar-refractivity contribution in [2.75, 3.05) is 0 Å². The number of phenolic OH excluding ortho intramolecular Hbond substituents is 1. The van der Waals surface area contributed by atoms with Crippen molar-refractivity contribution in [3.8, 4) is 5.75 Å². The molecule has 0 aliphatic carbocycles. The van der Waals surface area contributed by atoms with E-state index in [2.05, 4.69) is 0 Å². The first kappa shape index (κ1) is 27.8. The molecule has 2 aromatic carbocycles. The van der Waals surface area contributed by atoms with Crippen LogP contribution in [0.3, 0.4) is 0 Å². The topological polar surface area (TPSA) is 236 Å². The molecule has 1 heterocycles. The van der Waals surface area contributed by atoms with Crippen LogP contribution in [0.5, 0.6) is 5.75 Å². The van der Waals surface area contributed by atoms with Crippen LogP contribution in [-0.4, -0.2) is 61.8 Å². The van der Waals surface area contributed by atoms with Crippen LogP contribution in [0, 0.1) is 20.2 Å². The molecule has 0 fully saturated rings. The van der Waals surface area contributed by atoms with E-state index < -0.39 is 71.2 Å². The molecule has 0 radical (unpaired) electrons. The van der Waals surface area contributed by atoms with Crippen molar-refractivity contribution in [1.29, 1.82) is 0 Å². The van der Waals surface area contributed by atoms with Crippen LogP contribution >= 0.6 is 0 Å².